The molecule has 0 amide bonds. The van der Waals surface area contributed by atoms with E-state index in [9.17, 15) is 25.9 Å². The molecule has 0 radical (unpaired) electrons. The standard InChI is InChI=1S/C24H26Br2O6S2Si/c1-13-7-15-17(19(25)9-13)11-23(3,33(27,28)29)21(15)35(5,6)22-16-8-14(2)10-20(26)18(16)12-24(22,4)34(30,31)32/h7-12H,1-6H3,(H,27,28,29)(H,30,31,32). The quantitative estimate of drug-likeness (QED) is 0.385. The fourth-order valence-electron chi connectivity index (χ4n) is 5.89. The monoisotopic (exact) mass is 660 g/mol. The van der Waals surface area contributed by atoms with Crippen LogP contribution in [0.3, 0.4) is 0 Å². The van der Waals surface area contributed by atoms with E-state index in [4.69, 9.17) is 0 Å². The van der Waals surface area contributed by atoms with Crippen molar-refractivity contribution in [2.24, 2.45) is 0 Å². The van der Waals surface area contributed by atoms with E-state index in [1.54, 1.807) is 0 Å². The predicted octanol–water partition coefficient (Wildman–Crippen LogP) is 2.50. The molecule has 0 fully saturated rings. The van der Waals surface area contributed by atoms with Crippen LogP contribution in [0, 0.1) is 13.8 Å². The number of benzene rings is 2. The minimum absolute atomic E-state index is 0.468. The van der Waals surface area contributed by atoms with Crippen molar-refractivity contribution in [2.75, 3.05) is 0 Å². The van der Waals surface area contributed by atoms with Gasteiger partial charge in [-0.15, -0.1) is 0 Å². The smallest absolute Gasteiger partial charge is 0.277 e. The van der Waals surface area contributed by atoms with Gasteiger partial charge in [-0.05, 0) is 94.4 Å². The van der Waals surface area contributed by atoms with Gasteiger partial charge in [0.25, 0.3) is 20.2 Å². The fourth-order valence-corrected chi connectivity index (χ4v) is 15.5. The lowest BCUT2D eigenvalue weighted by atomic mass is 10.1. The molecule has 0 bridgehead atoms. The summed E-state index contributed by atoms with van der Waals surface area (Å²) in [5, 5.41) is 3.51. The summed E-state index contributed by atoms with van der Waals surface area (Å²) in [5.41, 5.74) is 1.76. The van der Waals surface area contributed by atoms with Crippen LogP contribution in [-0.2, 0) is 20.2 Å². The molecule has 2 N–H and O–H groups in total. The van der Waals surface area contributed by atoms with E-state index in [-0.39, 0.29) is 0 Å². The minimum atomic E-state index is -4.65. The third-order valence-electron chi connectivity index (χ3n) is 7.24. The first-order chi connectivity index (χ1) is 15.8. The molecule has 2 unspecified atom stereocenters. The van der Waals surface area contributed by atoms with Crippen LogP contribution in [0.15, 0.2) is 33.2 Å². The van der Waals surface area contributed by atoms with Crippen molar-refractivity contribution in [1.82, 2.24) is 0 Å². The van der Waals surface area contributed by atoms with Crippen molar-refractivity contribution in [3.63, 3.8) is 0 Å². The average Bonchev–Trinajstić information content (AvgIpc) is 3.15. The summed E-state index contributed by atoms with van der Waals surface area (Å²) >= 11 is 7.07. The Balaban J connectivity index is 2.31. The predicted molar refractivity (Wildman–Crippen MR) is 149 cm³/mol. The van der Waals surface area contributed by atoms with Crippen LogP contribution in [0.1, 0.15) is 25.0 Å². The van der Waals surface area contributed by atoms with Gasteiger partial charge in [0, 0.05) is 8.95 Å². The van der Waals surface area contributed by atoms with Crippen molar-refractivity contribution < 1.29 is 25.9 Å². The molecule has 0 saturated carbocycles. The summed E-state index contributed by atoms with van der Waals surface area (Å²) in [7, 11) is -12.6. The Morgan fingerprint density at radius 2 is 1.03 bits per heavy atom. The highest BCUT2D eigenvalue weighted by atomic mass is 79.9. The molecule has 4 rings (SSSR count). The van der Waals surface area contributed by atoms with Gasteiger partial charge in [0.15, 0.2) is 0 Å². The first-order valence-corrected chi connectivity index (χ1v) is 18.2. The number of hydrogen-bond acceptors (Lipinski definition) is 4. The number of rotatable bonds is 4. The van der Waals surface area contributed by atoms with Crippen LogP contribution in [0.2, 0.25) is 13.1 Å². The van der Waals surface area contributed by atoms with Crippen molar-refractivity contribution >= 4 is 82.7 Å². The van der Waals surface area contributed by atoms with Crippen LogP contribution in [0.25, 0.3) is 22.5 Å². The Morgan fingerprint density at radius 3 is 1.31 bits per heavy atom. The molecule has 2 atom stereocenters. The topological polar surface area (TPSA) is 109 Å². The molecule has 0 spiro atoms. The summed E-state index contributed by atoms with van der Waals surface area (Å²) in [6, 6.07) is 7.47. The molecule has 11 heteroatoms. The van der Waals surface area contributed by atoms with Crippen LogP contribution in [0.4, 0.5) is 0 Å². The Hall–Kier alpha value is -1.08. The number of halogens is 2. The third-order valence-corrected chi connectivity index (χ3v) is 15.8. The van der Waals surface area contributed by atoms with Crippen LogP contribution >= 0.6 is 31.9 Å². The maximum atomic E-state index is 12.9. The maximum Gasteiger partial charge on any atom is 0.277 e. The van der Waals surface area contributed by atoms with Gasteiger partial charge in [0.05, 0.1) is 0 Å². The highest BCUT2D eigenvalue weighted by Crippen LogP contribution is 2.46. The fraction of sp³-hybridized carbons (Fsp3) is 0.333. The molecule has 2 aliphatic rings. The van der Waals surface area contributed by atoms with E-state index < -0.39 is 37.8 Å². The Bertz CT molecular complexity index is 1670. The molecule has 0 saturated heterocycles. The van der Waals surface area contributed by atoms with Gasteiger partial charge in [-0.25, -0.2) is 0 Å². The molecule has 6 nitrogen and oxygen atoms in total. The van der Waals surface area contributed by atoms with Crippen molar-refractivity contribution in [3.8, 4) is 0 Å². The second kappa shape index (κ2) is 7.96. The summed E-state index contributed by atoms with van der Waals surface area (Å²) in [6.07, 6.45) is 3.06. The van der Waals surface area contributed by atoms with E-state index in [2.05, 4.69) is 31.9 Å². The Kier molecular flexibility index (Phi) is 6.13. The molecule has 0 aliphatic heterocycles. The van der Waals surface area contributed by atoms with E-state index in [1.807, 2.05) is 51.2 Å². The first-order valence-electron chi connectivity index (χ1n) is 10.8. The summed E-state index contributed by atoms with van der Waals surface area (Å²) < 4.78 is 70.5. The van der Waals surface area contributed by atoms with Crippen LogP contribution in [0.5, 0.6) is 0 Å². The van der Waals surface area contributed by atoms with Crippen LogP contribution < -0.4 is 20.9 Å². The SMILES string of the molecule is Cc1cc(Br)c2c(c1)=C([Si](C)(C)C1=c3cc(C)cc(Br)c3=CC1(C)S(=O)(=O)O)C(C)(S(=O)(=O)O)C=2. The molecule has 35 heavy (non-hydrogen) atoms. The first kappa shape index (κ1) is 27.0. The Labute approximate surface area is 222 Å². The molecular weight excluding hydrogens is 636 g/mol. The summed E-state index contributed by atoms with van der Waals surface area (Å²) in [4.78, 5) is 0. The molecule has 2 aromatic carbocycles. The maximum absolute atomic E-state index is 12.9. The largest absolute Gasteiger partial charge is 0.285 e. The van der Waals surface area contributed by atoms with Crippen molar-refractivity contribution in [3.05, 3.63) is 65.2 Å². The van der Waals surface area contributed by atoms with E-state index in [0.717, 1.165) is 11.1 Å². The van der Waals surface area contributed by atoms with Gasteiger partial charge in [-0.3, -0.25) is 9.11 Å². The zero-order valence-electron chi connectivity index (χ0n) is 20.1. The molecule has 0 heterocycles. The van der Waals surface area contributed by atoms with Crippen molar-refractivity contribution in [1.29, 1.82) is 0 Å². The normalized spacial score (nSPS) is 24.2. The molecule has 0 aromatic heterocycles. The number of aryl methyl sites for hydroxylation is 2. The van der Waals surface area contributed by atoms with Gasteiger partial charge >= 0.3 is 0 Å². The zero-order valence-corrected chi connectivity index (χ0v) is 25.9. The van der Waals surface area contributed by atoms with Gasteiger partial charge in [-0.2, -0.15) is 16.8 Å². The summed E-state index contributed by atoms with van der Waals surface area (Å²) in [6.45, 7) is 10.4. The zero-order chi connectivity index (χ0) is 26.5. The Morgan fingerprint density at radius 1 is 0.714 bits per heavy atom. The van der Waals surface area contributed by atoms with E-state index >= 15 is 0 Å². The van der Waals surface area contributed by atoms with Crippen LogP contribution in [-0.4, -0.2) is 43.5 Å². The van der Waals surface area contributed by atoms with Gasteiger partial charge < -0.3 is 0 Å². The van der Waals surface area contributed by atoms with Gasteiger partial charge in [-0.1, -0.05) is 57.1 Å². The highest BCUT2D eigenvalue weighted by molar-refractivity contribution is 9.10. The average molecular weight is 662 g/mol. The molecular formula is C24H26Br2O6S2Si. The minimum Gasteiger partial charge on any atom is -0.285 e. The van der Waals surface area contributed by atoms with Gasteiger partial charge in [0.1, 0.15) is 17.6 Å². The second-order valence-electron chi connectivity index (χ2n) is 10.2. The number of fused-ring (bicyclic) bond motifs is 2. The number of hydrogen-bond donors (Lipinski definition) is 2. The second-order valence-corrected chi connectivity index (χ2v) is 19.8. The van der Waals surface area contributed by atoms with E-state index in [0.29, 0.717) is 40.2 Å². The lowest BCUT2D eigenvalue weighted by Crippen LogP contribution is -2.53. The van der Waals surface area contributed by atoms with E-state index in [1.165, 1.54) is 26.0 Å². The molecule has 2 aromatic rings. The highest BCUT2D eigenvalue weighted by Gasteiger charge is 2.56. The molecule has 2 aliphatic carbocycles. The summed E-state index contributed by atoms with van der Waals surface area (Å²) in [5.74, 6) is 0. The lowest BCUT2D eigenvalue weighted by molar-refractivity contribution is 0.470. The van der Waals surface area contributed by atoms with Crippen molar-refractivity contribution in [2.45, 2.75) is 50.3 Å². The van der Waals surface area contributed by atoms with Gasteiger partial charge in [0.2, 0.25) is 0 Å². The molecule has 188 valence electrons. The lowest BCUT2D eigenvalue weighted by Gasteiger charge is -2.40. The third kappa shape index (κ3) is 3.81.